The molecule has 1 aromatic carbocycles. The number of benzene rings is 1. The lowest BCUT2D eigenvalue weighted by molar-refractivity contribution is -0.125. The highest BCUT2D eigenvalue weighted by Crippen LogP contribution is 2.27. The van der Waals surface area contributed by atoms with Gasteiger partial charge >= 0.3 is 5.97 Å². The zero-order valence-electron chi connectivity index (χ0n) is 12.7. The Bertz CT molecular complexity index is 697. The quantitative estimate of drug-likeness (QED) is 0.664. The standard InChI is InChI=1S/C16H15ClF2N2O3/c17-11-7-13(19)12(18)6-10(11)15(23)24-8-14(22)21-16(9-20)4-2-1-3-5-16/h6-7H,1-5,8H2,(H,21,22). The van der Waals surface area contributed by atoms with Crippen LogP contribution in [0.3, 0.4) is 0 Å². The number of hydrogen-bond donors (Lipinski definition) is 1. The van der Waals surface area contributed by atoms with Crippen LogP contribution in [0.2, 0.25) is 5.02 Å². The smallest absolute Gasteiger partial charge is 0.340 e. The fourth-order valence-electron chi connectivity index (χ4n) is 2.61. The maximum atomic E-state index is 13.2. The van der Waals surface area contributed by atoms with Gasteiger partial charge in [-0.2, -0.15) is 5.26 Å². The molecule has 1 aliphatic rings. The molecule has 5 nitrogen and oxygen atoms in total. The van der Waals surface area contributed by atoms with E-state index in [1.54, 1.807) is 0 Å². The van der Waals surface area contributed by atoms with Crippen LogP contribution in [0.25, 0.3) is 0 Å². The van der Waals surface area contributed by atoms with Crippen molar-refractivity contribution in [1.82, 2.24) is 5.32 Å². The van der Waals surface area contributed by atoms with E-state index in [-0.39, 0.29) is 10.6 Å². The van der Waals surface area contributed by atoms with E-state index in [0.717, 1.165) is 19.3 Å². The third-order valence-electron chi connectivity index (χ3n) is 3.86. The lowest BCUT2D eigenvalue weighted by Gasteiger charge is -2.31. The maximum Gasteiger partial charge on any atom is 0.340 e. The van der Waals surface area contributed by atoms with Crippen molar-refractivity contribution in [1.29, 1.82) is 5.26 Å². The Hall–Kier alpha value is -2.20. The summed E-state index contributed by atoms with van der Waals surface area (Å²) in [4.78, 5) is 23.7. The number of nitrogens with one attached hydrogen (secondary N) is 1. The van der Waals surface area contributed by atoms with E-state index in [9.17, 15) is 23.6 Å². The molecule has 0 aliphatic heterocycles. The highest BCUT2D eigenvalue weighted by Gasteiger charge is 2.33. The molecule has 0 aromatic heterocycles. The van der Waals surface area contributed by atoms with Crippen LogP contribution >= 0.6 is 11.6 Å². The van der Waals surface area contributed by atoms with Crippen molar-refractivity contribution >= 4 is 23.5 Å². The van der Waals surface area contributed by atoms with Gasteiger partial charge in [0.2, 0.25) is 0 Å². The fraction of sp³-hybridized carbons (Fsp3) is 0.438. The first-order valence-electron chi connectivity index (χ1n) is 7.41. The van der Waals surface area contributed by atoms with Gasteiger partial charge in [-0.05, 0) is 25.0 Å². The minimum absolute atomic E-state index is 0.319. The highest BCUT2D eigenvalue weighted by molar-refractivity contribution is 6.33. The average Bonchev–Trinajstić information content (AvgIpc) is 2.57. The van der Waals surface area contributed by atoms with Crippen molar-refractivity contribution < 1.29 is 23.1 Å². The molecule has 0 bridgehead atoms. The van der Waals surface area contributed by atoms with Gasteiger partial charge in [-0.25, -0.2) is 13.6 Å². The van der Waals surface area contributed by atoms with Gasteiger partial charge in [-0.15, -0.1) is 0 Å². The van der Waals surface area contributed by atoms with Crippen LogP contribution in [-0.4, -0.2) is 24.0 Å². The number of carbonyl (C=O) groups excluding carboxylic acids is 2. The van der Waals surface area contributed by atoms with Gasteiger partial charge in [-0.3, -0.25) is 4.79 Å². The SMILES string of the molecule is N#CC1(NC(=O)COC(=O)c2cc(F)c(F)cc2Cl)CCCCC1. The summed E-state index contributed by atoms with van der Waals surface area (Å²) in [5, 5.41) is 11.5. The summed E-state index contributed by atoms with van der Waals surface area (Å²) in [6, 6.07) is 3.37. The average molecular weight is 357 g/mol. The van der Waals surface area contributed by atoms with Gasteiger partial charge in [0.1, 0.15) is 5.54 Å². The second-order valence-corrected chi connectivity index (χ2v) is 6.03. The lowest BCUT2D eigenvalue weighted by atomic mass is 9.83. The number of amides is 1. The molecule has 128 valence electrons. The first kappa shape index (κ1) is 18.1. The topological polar surface area (TPSA) is 79.2 Å². The van der Waals surface area contributed by atoms with Gasteiger partial charge in [0.25, 0.3) is 5.91 Å². The number of rotatable bonds is 4. The third kappa shape index (κ3) is 4.20. The van der Waals surface area contributed by atoms with Crippen molar-refractivity contribution in [3.8, 4) is 6.07 Å². The van der Waals surface area contributed by atoms with Gasteiger partial charge in [0.05, 0.1) is 16.7 Å². The molecule has 0 radical (unpaired) electrons. The van der Waals surface area contributed by atoms with E-state index in [2.05, 4.69) is 11.4 Å². The predicted molar refractivity (Wildman–Crippen MR) is 81.2 cm³/mol. The van der Waals surface area contributed by atoms with Crippen molar-refractivity contribution in [3.63, 3.8) is 0 Å². The molecule has 24 heavy (non-hydrogen) atoms. The molecular weight excluding hydrogens is 342 g/mol. The third-order valence-corrected chi connectivity index (χ3v) is 4.18. The Morgan fingerprint density at radius 3 is 2.50 bits per heavy atom. The number of esters is 1. The monoisotopic (exact) mass is 356 g/mol. The lowest BCUT2D eigenvalue weighted by Crippen LogP contribution is -2.50. The molecule has 1 amide bonds. The first-order chi connectivity index (χ1) is 11.4. The van der Waals surface area contributed by atoms with Crippen LogP contribution in [0.1, 0.15) is 42.5 Å². The molecule has 1 saturated carbocycles. The van der Waals surface area contributed by atoms with Crippen LogP contribution in [0, 0.1) is 23.0 Å². The maximum absolute atomic E-state index is 13.2. The van der Waals surface area contributed by atoms with Crippen molar-refractivity contribution in [2.24, 2.45) is 0 Å². The Kier molecular flexibility index (Phi) is 5.73. The summed E-state index contributed by atoms with van der Waals surface area (Å²) < 4.78 is 30.9. The molecule has 1 N–H and O–H groups in total. The summed E-state index contributed by atoms with van der Waals surface area (Å²) in [5.74, 6) is -4.13. The van der Waals surface area contributed by atoms with E-state index in [4.69, 9.17) is 16.3 Å². The van der Waals surface area contributed by atoms with Gasteiger partial charge in [-0.1, -0.05) is 30.9 Å². The summed E-state index contributed by atoms with van der Waals surface area (Å²) in [6.45, 7) is -0.641. The molecule has 0 atom stereocenters. The van der Waals surface area contributed by atoms with Crippen molar-refractivity contribution in [3.05, 3.63) is 34.4 Å². The summed E-state index contributed by atoms with van der Waals surface area (Å²) in [7, 11) is 0. The van der Waals surface area contributed by atoms with Crippen LogP contribution in [0.15, 0.2) is 12.1 Å². The van der Waals surface area contributed by atoms with Crippen molar-refractivity contribution in [2.75, 3.05) is 6.61 Å². The number of halogens is 3. The predicted octanol–water partition coefficient (Wildman–Crippen LogP) is 3.12. The minimum Gasteiger partial charge on any atom is -0.452 e. The summed E-state index contributed by atoms with van der Waals surface area (Å²) >= 11 is 5.66. The van der Waals surface area contributed by atoms with Gasteiger partial charge in [0, 0.05) is 0 Å². The highest BCUT2D eigenvalue weighted by atomic mass is 35.5. The molecule has 1 aliphatic carbocycles. The summed E-state index contributed by atoms with van der Waals surface area (Å²) in [5.41, 5.74) is -1.32. The zero-order valence-corrected chi connectivity index (χ0v) is 13.5. The Morgan fingerprint density at radius 1 is 1.25 bits per heavy atom. The molecule has 1 fully saturated rings. The Morgan fingerprint density at radius 2 is 1.88 bits per heavy atom. The first-order valence-corrected chi connectivity index (χ1v) is 7.78. The zero-order chi connectivity index (χ0) is 17.7. The molecule has 0 heterocycles. The molecule has 2 rings (SSSR count). The normalized spacial score (nSPS) is 16.1. The Labute approximate surface area is 142 Å². The van der Waals surface area contributed by atoms with E-state index in [0.29, 0.717) is 25.0 Å². The molecule has 0 spiro atoms. The van der Waals surface area contributed by atoms with E-state index < -0.39 is 35.7 Å². The van der Waals surface area contributed by atoms with E-state index in [1.165, 1.54) is 0 Å². The Balaban J connectivity index is 1.95. The van der Waals surface area contributed by atoms with Crippen molar-refractivity contribution in [2.45, 2.75) is 37.6 Å². The molecule has 0 saturated heterocycles. The summed E-state index contributed by atoms with van der Waals surface area (Å²) in [6.07, 6.45) is 3.75. The second-order valence-electron chi connectivity index (χ2n) is 5.63. The van der Waals surface area contributed by atoms with Crippen LogP contribution in [-0.2, 0) is 9.53 Å². The molecule has 8 heteroatoms. The van der Waals surface area contributed by atoms with Crippen LogP contribution < -0.4 is 5.32 Å². The molecular formula is C16H15ClF2N2O3. The minimum atomic E-state index is -1.25. The second kappa shape index (κ2) is 7.58. The number of nitrogens with zero attached hydrogens (tertiary/aromatic N) is 1. The number of ether oxygens (including phenoxy) is 1. The number of carbonyl (C=O) groups is 2. The van der Waals surface area contributed by atoms with Crippen LogP contribution in [0.5, 0.6) is 0 Å². The number of hydrogen-bond acceptors (Lipinski definition) is 4. The fourth-order valence-corrected chi connectivity index (χ4v) is 2.84. The van der Waals surface area contributed by atoms with Gasteiger partial charge in [0.15, 0.2) is 18.2 Å². The molecule has 1 aromatic rings. The van der Waals surface area contributed by atoms with Gasteiger partial charge < -0.3 is 10.1 Å². The number of nitriles is 1. The molecule has 0 unspecified atom stereocenters. The van der Waals surface area contributed by atoms with E-state index >= 15 is 0 Å². The van der Waals surface area contributed by atoms with E-state index in [1.807, 2.05) is 0 Å². The largest absolute Gasteiger partial charge is 0.452 e. The van der Waals surface area contributed by atoms with Crippen LogP contribution in [0.4, 0.5) is 8.78 Å².